The molecular formula is C41H68FNO. The molecule has 0 amide bonds. The zero-order valence-electron chi connectivity index (χ0n) is 30.5. The Balaban J connectivity index is -0.000000252. The molecule has 2 rings (SSSR count). The Morgan fingerprint density at radius 1 is 0.932 bits per heavy atom. The minimum Gasteiger partial charge on any atom is -0.330 e. The van der Waals surface area contributed by atoms with E-state index in [0.717, 1.165) is 37.7 Å². The van der Waals surface area contributed by atoms with Crippen molar-refractivity contribution in [3.05, 3.63) is 88.3 Å². The molecule has 0 aliphatic rings. The van der Waals surface area contributed by atoms with E-state index in [1.165, 1.54) is 78.0 Å². The lowest BCUT2D eigenvalue weighted by atomic mass is 9.88. The van der Waals surface area contributed by atoms with Gasteiger partial charge in [-0.2, -0.15) is 0 Å². The van der Waals surface area contributed by atoms with Gasteiger partial charge in [-0.1, -0.05) is 103 Å². The first-order valence-electron chi connectivity index (χ1n) is 16.6. The number of carbonyl (C=O) groups is 1. The normalized spacial score (nSPS) is 10.3. The number of terminal acetylenes is 1. The van der Waals surface area contributed by atoms with Gasteiger partial charge in [-0.05, 0) is 119 Å². The summed E-state index contributed by atoms with van der Waals surface area (Å²) in [5.41, 5.74) is 13.7. The van der Waals surface area contributed by atoms with E-state index in [4.69, 9.17) is 5.73 Å². The second-order valence-electron chi connectivity index (χ2n) is 10.9. The SMILES string of the molecule is C#C.C/C=C(\C)c1cc(C)c(C(C=O)CC)cc1C.C=C(C)CCCC.CCC.CCCCN.CCCc1cccc(F)c1. The summed E-state index contributed by atoms with van der Waals surface area (Å²) in [4.78, 5) is 11.1. The van der Waals surface area contributed by atoms with Gasteiger partial charge in [-0.25, -0.2) is 4.39 Å². The summed E-state index contributed by atoms with van der Waals surface area (Å²) >= 11 is 0. The van der Waals surface area contributed by atoms with E-state index >= 15 is 0 Å². The first kappa shape index (κ1) is 48.0. The molecule has 0 bridgehead atoms. The molecule has 2 aromatic carbocycles. The van der Waals surface area contributed by atoms with Crippen LogP contribution in [0.4, 0.5) is 4.39 Å². The molecule has 250 valence electrons. The van der Waals surface area contributed by atoms with Gasteiger partial charge in [-0.3, -0.25) is 0 Å². The summed E-state index contributed by atoms with van der Waals surface area (Å²) < 4.78 is 12.5. The van der Waals surface area contributed by atoms with Crippen LogP contribution in [0.25, 0.3) is 5.57 Å². The topological polar surface area (TPSA) is 43.1 Å². The highest BCUT2D eigenvalue weighted by molar-refractivity contribution is 5.70. The van der Waals surface area contributed by atoms with Crippen LogP contribution in [0, 0.1) is 32.5 Å². The fraction of sp³-hybridized carbons (Fsp3) is 0.537. The van der Waals surface area contributed by atoms with Crippen LogP contribution in [-0.4, -0.2) is 12.8 Å². The number of aryl methyl sites for hydroxylation is 3. The van der Waals surface area contributed by atoms with Gasteiger partial charge in [0.2, 0.25) is 0 Å². The Morgan fingerprint density at radius 3 is 1.84 bits per heavy atom. The fourth-order valence-corrected chi connectivity index (χ4v) is 3.87. The van der Waals surface area contributed by atoms with E-state index in [-0.39, 0.29) is 11.7 Å². The fourth-order valence-electron chi connectivity index (χ4n) is 3.87. The van der Waals surface area contributed by atoms with E-state index in [1.54, 1.807) is 12.1 Å². The van der Waals surface area contributed by atoms with Crippen molar-refractivity contribution < 1.29 is 9.18 Å². The van der Waals surface area contributed by atoms with Crippen LogP contribution < -0.4 is 5.73 Å². The van der Waals surface area contributed by atoms with Gasteiger partial charge in [0.05, 0.1) is 0 Å². The first-order valence-corrected chi connectivity index (χ1v) is 16.6. The summed E-state index contributed by atoms with van der Waals surface area (Å²) in [6.45, 7) is 27.8. The van der Waals surface area contributed by atoms with Crippen LogP contribution >= 0.6 is 0 Å². The molecular weight excluding hydrogens is 541 g/mol. The van der Waals surface area contributed by atoms with Crippen LogP contribution in [-0.2, 0) is 11.2 Å². The van der Waals surface area contributed by atoms with Crippen LogP contribution in [0.15, 0.2) is 54.6 Å². The minimum atomic E-state index is -0.133. The van der Waals surface area contributed by atoms with Gasteiger partial charge in [0.15, 0.2) is 0 Å². The molecule has 0 aromatic heterocycles. The maximum Gasteiger partial charge on any atom is 0.127 e. The maximum atomic E-state index is 12.5. The summed E-state index contributed by atoms with van der Waals surface area (Å²) in [6.07, 6.45) is 21.5. The summed E-state index contributed by atoms with van der Waals surface area (Å²) in [5.74, 6) is -0.0976. The van der Waals surface area contributed by atoms with E-state index < -0.39 is 0 Å². The molecule has 0 aliphatic heterocycles. The average Bonchev–Trinajstić information content (AvgIpc) is 3.01. The van der Waals surface area contributed by atoms with E-state index in [1.807, 2.05) is 6.07 Å². The smallest absolute Gasteiger partial charge is 0.127 e. The Kier molecular flexibility index (Phi) is 37.6. The van der Waals surface area contributed by atoms with Crippen molar-refractivity contribution in [2.45, 2.75) is 140 Å². The molecule has 2 nitrogen and oxygen atoms in total. The predicted molar refractivity (Wildman–Crippen MR) is 199 cm³/mol. The molecule has 1 unspecified atom stereocenters. The zero-order chi connectivity index (χ0) is 34.9. The second-order valence-corrected chi connectivity index (χ2v) is 10.9. The summed E-state index contributed by atoms with van der Waals surface area (Å²) in [5, 5.41) is 0. The molecule has 0 fully saturated rings. The van der Waals surface area contributed by atoms with E-state index in [0.29, 0.717) is 0 Å². The van der Waals surface area contributed by atoms with Gasteiger partial charge in [-0.15, -0.1) is 19.4 Å². The highest BCUT2D eigenvalue weighted by atomic mass is 19.1. The lowest BCUT2D eigenvalue weighted by molar-refractivity contribution is -0.109. The molecule has 0 saturated heterocycles. The third kappa shape index (κ3) is 26.7. The molecule has 44 heavy (non-hydrogen) atoms. The number of hydrogen-bond acceptors (Lipinski definition) is 2. The number of rotatable bonds is 11. The third-order valence-corrected chi connectivity index (χ3v) is 6.42. The van der Waals surface area contributed by atoms with Crippen LogP contribution in [0.1, 0.15) is 147 Å². The maximum absolute atomic E-state index is 12.5. The molecule has 0 heterocycles. The zero-order valence-corrected chi connectivity index (χ0v) is 30.5. The monoisotopic (exact) mass is 610 g/mol. The Morgan fingerprint density at radius 2 is 1.50 bits per heavy atom. The average molecular weight is 610 g/mol. The predicted octanol–water partition coefficient (Wildman–Crippen LogP) is 12.4. The number of allylic oxidation sites excluding steroid dienone is 3. The number of unbranched alkanes of at least 4 members (excludes halogenated alkanes) is 2. The number of nitrogens with two attached hydrogens (primary N) is 1. The third-order valence-electron chi connectivity index (χ3n) is 6.42. The molecule has 2 N–H and O–H groups in total. The highest BCUT2D eigenvalue weighted by Crippen LogP contribution is 2.28. The molecule has 3 heteroatoms. The Bertz CT molecular complexity index is 1020. The Labute approximate surface area is 273 Å². The van der Waals surface area contributed by atoms with Crippen LogP contribution in [0.2, 0.25) is 0 Å². The molecule has 0 aliphatic carbocycles. The first-order chi connectivity index (χ1) is 21.0. The van der Waals surface area contributed by atoms with Gasteiger partial charge in [0.1, 0.15) is 12.1 Å². The van der Waals surface area contributed by atoms with Crippen molar-refractivity contribution in [2.75, 3.05) is 6.54 Å². The second kappa shape index (κ2) is 34.5. The Hall–Kier alpha value is -2.96. The van der Waals surface area contributed by atoms with Crippen molar-refractivity contribution in [1.29, 1.82) is 0 Å². The number of hydrogen-bond donors (Lipinski definition) is 1. The molecule has 0 spiro atoms. The van der Waals surface area contributed by atoms with Gasteiger partial charge in [0.25, 0.3) is 0 Å². The lowest BCUT2D eigenvalue weighted by Crippen LogP contribution is -2.03. The van der Waals surface area contributed by atoms with Gasteiger partial charge >= 0.3 is 0 Å². The van der Waals surface area contributed by atoms with Crippen molar-refractivity contribution in [3.8, 4) is 12.8 Å². The standard InChI is InChI=1S/C16H22O.C9H11F.C7H14.C4H11N.C3H8.C2H2/c1-6-11(3)15-8-13(5)16(9-12(15)4)14(7-2)10-17;1-2-4-8-5-3-6-9(10)7-8;1-4-5-6-7(2)3;1-2-3-4-5;1-3-2;1-2/h6,8-10,14H,7H2,1-5H3;3,5-7H,2,4H2,1H3;2,4-6H2,1,3H3;2-5H2,1H3;3H2,1-2H3;1-2H/b11-6+;;;;;. The molecule has 2 aromatic rings. The highest BCUT2D eigenvalue weighted by Gasteiger charge is 2.13. The van der Waals surface area contributed by atoms with Gasteiger partial charge < -0.3 is 10.5 Å². The van der Waals surface area contributed by atoms with Crippen molar-refractivity contribution >= 4 is 11.9 Å². The lowest BCUT2D eigenvalue weighted by Gasteiger charge is -2.16. The van der Waals surface area contributed by atoms with Crippen molar-refractivity contribution in [3.63, 3.8) is 0 Å². The van der Waals surface area contributed by atoms with Crippen LogP contribution in [0.3, 0.4) is 0 Å². The molecule has 0 saturated carbocycles. The summed E-state index contributed by atoms with van der Waals surface area (Å²) in [6, 6.07) is 11.1. The largest absolute Gasteiger partial charge is 0.330 e. The minimum absolute atomic E-state index is 0.0358. The quantitative estimate of drug-likeness (QED) is 0.156. The van der Waals surface area contributed by atoms with Gasteiger partial charge in [0, 0.05) is 5.92 Å². The number of aldehydes is 1. The van der Waals surface area contributed by atoms with E-state index in [2.05, 4.69) is 114 Å². The van der Waals surface area contributed by atoms with Crippen molar-refractivity contribution in [2.24, 2.45) is 5.73 Å². The van der Waals surface area contributed by atoms with Crippen LogP contribution in [0.5, 0.6) is 0 Å². The number of carbonyl (C=O) groups excluding carboxylic acids is 1. The number of halogens is 1. The van der Waals surface area contributed by atoms with Crippen molar-refractivity contribution in [1.82, 2.24) is 0 Å². The van der Waals surface area contributed by atoms with E-state index in [9.17, 15) is 9.18 Å². The summed E-state index contributed by atoms with van der Waals surface area (Å²) in [7, 11) is 0. The number of benzene rings is 2. The molecule has 0 radical (unpaired) electrons. The molecule has 1 atom stereocenters.